The average molecular weight is 633 g/mol. The average Bonchev–Trinajstić information content (AvgIpc) is 2.95. The van der Waals surface area contributed by atoms with Gasteiger partial charge in [-0.05, 0) is 74.9 Å². The highest BCUT2D eigenvalue weighted by Gasteiger charge is 2.34. The topological polar surface area (TPSA) is 130 Å². The molecule has 1 aliphatic carbocycles. The van der Waals surface area contributed by atoms with Gasteiger partial charge < -0.3 is 10.6 Å². The predicted molar refractivity (Wildman–Crippen MR) is 159 cm³/mol. The molecule has 1 amide bonds. The van der Waals surface area contributed by atoms with Gasteiger partial charge in [-0.3, -0.25) is 14.9 Å². The van der Waals surface area contributed by atoms with E-state index in [2.05, 4.69) is 42.2 Å². The maximum absolute atomic E-state index is 13.4. The van der Waals surface area contributed by atoms with E-state index < -0.39 is 55.6 Å². The molecule has 13 heteroatoms. The lowest BCUT2D eigenvalue weighted by Crippen LogP contribution is -2.36. The van der Waals surface area contributed by atoms with Crippen molar-refractivity contribution < 1.29 is 31.3 Å². The molecule has 0 heterocycles. The van der Waals surface area contributed by atoms with E-state index in [-0.39, 0.29) is 17.1 Å². The number of aryl methyl sites for hydroxylation is 1. The van der Waals surface area contributed by atoms with Gasteiger partial charge in [-0.1, -0.05) is 42.5 Å². The summed E-state index contributed by atoms with van der Waals surface area (Å²) in [6.07, 6.45) is -3.03. The first kappa shape index (κ1) is 33.1. The molecule has 9 nitrogen and oxygen atoms in total. The van der Waals surface area contributed by atoms with Gasteiger partial charge in [0.05, 0.1) is 27.5 Å². The molecule has 0 aliphatic heterocycles. The van der Waals surface area contributed by atoms with E-state index in [4.69, 9.17) is 0 Å². The van der Waals surface area contributed by atoms with Gasteiger partial charge >= 0.3 is 6.18 Å². The van der Waals surface area contributed by atoms with Crippen molar-refractivity contribution in [2.75, 3.05) is 0 Å². The number of amides is 1. The number of benzene rings is 3. The molecule has 4 rings (SSSR count). The number of sulfonamides is 1. The number of halogens is 3. The number of nitro groups is 1. The number of fused-ring (bicyclic) bond motifs is 1. The van der Waals surface area contributed by atoms with Crippen LogP contribution in [0.2, 0.25) is 0 Å². The Kier molecular flexibility index (Phi) is 9.81. The van der Waals surface area contributed by atoms with Crippen molar-refractivity contribution in [1.29, 1.82) is 0 Å². The molecular formula is C31H35F3N4O5S. The van der Waals surface area contributed by atoms with E-state index >= 15 is 0 Å². The van der Waals surface area contributed by atoms with E-state index in [1.165, 1.54) is 24.3 Å². The third kappa shape index (κ3) is 8.42. The van der Waals surface area contributed by atoms with Crippen molar-refractivity contribution in [2.24, 2.45) is 0 Å². The normalized spacial score (nSPS) is 16.2. The molecule has 236 valence electrons. The van der Waals surface area contributed by atoms with Gasteiger partial charge in [0, 0.05) is 30.1 Å². The first-order valence-corrected chi connectivity index (χ1v) is 15.6. The van der Waals surface area contributed by atoms with E-state index in [0.717, 1.165) is 47.7 Å². The maximum Gasteiger partial charge on any atom is 0.416 e. The number of nitrogens with one attached hydrogen (secondary N) is 3. The number of nitrogens with zero attached hydrogens (tertiary/aromatic N) is 1. The highest BCUT2D eigenvalue weighted by atomic mass is 32.2. The fraction of sp³-hybridized carbons (Fsp3) is 0.387. The molecule has 0 spiro atoms. The monoisotopic (exact) mass is 632 g/mol. The molecule has 0 bridgehead atoms. The highest BCUT2D eigenvalue weighted by Crippen LogP contribution is 2.34. The van der Waals surface area contributed by atoms with Crippen LogP contribution in [0, 0.1) is 10.1 Å². The Morgan fingerprint density at radius 2 is 1.77 bits per heavy atom. The van der Waals surface area contributed by atoms with Crippen molar-refractivity contribution >= 4 is 21.6 Å². The second-order valence-corrected chi connectivity index (χ2v) is 13.6. The fourth-order valence-corrected chi connectivity index (χ4v) is 6.45. The molecule has 0 saturated carbocycles. The minimum absolute atomic E-state index is 0.0561. The van der Waals surface area contributed by atoms with Crippen molar-refractivity contribution in [3.63, 3.8) is 0 Å². The van der Waals surface area contributed by atoms with Crippen LogP contribution < -0.4 is 15.4 Å². The van der Waals surface area contributed by atoms with Crippen LogP contribution in [0.25, 0.3) is 0 Å². The SMILES string of the molecule is CC(C)(C)NCc1ccc2c(c1)CCCC2NC(=O)CC(NS(=O)(=O)c1cccc(C(F)(F)F)c1)c1ccccc1[N+](=O)[O-]. The van der Waals surface area contributed by atoms with Crippen LogP contribution in [0.4, 0.5) is 18.9 Å². The predicted octanol–water partition coefficient (Wildman–Crippen LogP) is 6.11. The second-order valence-electron chi connectivity index (χ2n) is 11.9. The lowest BCUT2D eigenvalue weighted by atomic mass is 9.86. The molecule has 3 N–H and O–H groups in total. The van der Waals surface area contributed by atoms with Gasteiger partial charge in [0.1, 0.15) is 0 Å². The number of carbonyl (C=O) groups is 1. The summed E-state index contributed by atoms with van der Waals surface area (Å²) < 4.78 is 68.7. The number of para-hydroxylation sites is 1. The first-order chi connectivity index (χ1) is 20.5. The molecule has 3 aromatic rings. The number of carbonyl (C=O) groups excluding carboxylic acids is 1. The molecule has 2 atom stereocenters. The highest BCUT2D eigenvalue weighted by molar-refractivity contribution is 7.89. The van der Waals surface area contributed by atoms with E-state index in [0.29, 0.717) is 19.0 Å². The van der Waals surface area contributed by atoms with Crippen LogP contribution >= 0.6 is 0 Å². The minimum Gasteiger partial charge on any atom is -0.349 e. The van der Waals surface area contributed by atoms with Crippen LogP contribution in [0.1, 0.15) is 79.9 Å². The Bertz CT molecular complexity index is 1640. The van der Waals surface area contributed by atoms with E-state index in [1.54, 1.807) is 0 Å². The third-order valence-electron chi connectivity index (χ3n) is 7.35. The van der Waals surface area contributed by atoms with Crippen LogP contribution in [0.3, 0.4) is 0 Å². The van der Waals surface area contributed by atoms with Gasteiger partial charge in [0.2, 0.25) is 15.9 Å². The molecule has 2 unspecified atom stereocenters. The van der Waals surface area contributed by atoms with Gasteiger partial charge in [0.25, 0.3) is 5.69 Å². The fourth-order valence-electron chi connectivity index (χ4n) is 5.19. The smallest absolute Gasteiger partial charge is 0.349 e. The number of rotatable bonds is 10. The zero-order valence-electron chi connectivity index (χ0n) is 24.6. The summed E-state index contributed by atoms with van der Waals surface area (Å²) in [6.45, 7) is 6.91. The summed E-state index contributed by atoms with van der Waals surface area (Å²) in [5.41, 5.74) is 1.38. The quantitative estimate of drug-likeness (QED) is 0.183. The van der Waals surface area contributed by atoms with E-state index in [9.17, 15) is 36.5 Å². The zero-order valence-corrected chi connectivity index (χ0v) is 25.4. The lowest BCUT2D eigenvalue weighted by molar-refractivity contribution is -0.385. The summed E-state index contributed by atoms with van der Waals surface area (Å²) in [4.78, 5) is 23.8. The van der Waals surface area contributed by atoms with Gasteiger partial charge in [-0.15, -0.1) is 0 Å². The Hall–Kier alpha value is -3.81. The van der Waals surface area contributed by atoms with Crippen LogP contribution in [0.5, 0.6) is 0 Å². The summed E-state index contributed by atoms with van der Waals surface area (Å²) >= 11 is 0. The van der Waals surface area contributed by atoms with Crippen molar-refractivity contribution in [1.82, 2.24) is 15.4 Å². The number of hydrogen-bond acceptors (Lipinski definition) is 6. The van der Waals surface area contributed by atoms with Gasteiger partial charge in [0.15, 0.2) is 0 Å². The van der Waals surface area contributed by atoms with Crippen LogP contribution in [-0.2, 0) is 34.0 Å². The summed E-state index contributed by atoms with van der Waals surface area (Å²) in [7, 11) is -4.64. The summed E-state index contributed by atoms with van der Waals surface area (Å²) in [6, 6.07) is 12.7. The molecule has 0 aromatic heterocycles. The largest absolute Gasteiger partial charge is 0.416 e. The van der Waals surface area contributed by atoms with Gasteiger partial charge in [-0.2, -0.15) is 13.2 Å². The number of nitro benzene ring substituents is 1. The molecular weight excluding hydrogens is 597 g/mol. The molecule has 0 saturated heterocycles. The van der Waals surface area contributed by atoms with Crippen LogP contribution in [0.15, 0.2) is 71.6 Å². The maximum atomic E-state index is 13.4. The van der Waals surface area contributed by atoms with Crippen molar-refractivity contribution in [2.45, 2.75) is 81.7 Å². The first-order valence-electron chi connectivity index (χ1n) is 14.1. The molecule has 0 fully saturated rings. The molecule has 44 heavy (non-hydrogen) atoms. The van der Waals surface area contributed by atoms with Gasteiger partial charge in [-0.25, -0.2) is 13.1 Å². The molecule has 1 aliphatic rings. The second kappa shape index (κ2) is 13.0. The Morgan fingerprint density at radius 1 is 1.05 bits per heavy atom. The molecule has 0 radical (unpaired) electrons. The molecule has 3 aromatic carbocycles. The number of alkyl halides is 3. The lowest BCUT2D eigenvalue weighted by Gasteiger charge is -2.28. The number of hydrogen-bond donors (Lipinski definition) is 3. The summed E-state index contributed by atoms with van der Waals surface area (Å²) in [5.74, 6) is -0.573. The van der Waals surface area contributed by atoms with Crippen molar-refractivity contribution in [3.05, 3.63) is 105 Å². The zero-order chi connectivity index (χ0) is 32.3. The van der Waals surface area contributed by atoms with Crippen LogP contribution in [-0.4, -0.2) is 24.8 Å². The Morgan fingerprint density at radius 3 is 2.45 bits per heavy atom. The summed E-state index contributed by atoms with van der Waals surface area (Å²) in [5, 5.41) is 18.2. The van der Waals surface area contributed by atoms with Crippen molar-refractivity contribution in [3.8, 4) is 0 Å². The standard InChI is InChI=1S/C31H35F3N4O5S/c1-30(2,3)35-19-20-14-15-24-21(16-20)8-6-12-26(24)36-29(39)18-27(25-11-4-5-13-28(25)38(40)41)37-44(42,43)23-10-7-9-22(17-23)31(32,33)34/h4-5,7,9-11,13-17,26-27,35,37H,6,8,12,18-19H2,1-3H3,(H,36,39). The third-order valence-corrected chi connectivity index (χ3v) is 8.82. The van der Waals surface area contributed by atoms with E-state index in [1.807, 2.05) is 12.1 Å². The Balaban J connectivity index is 1.59. The Labute approximate surface area is 254 Å². The minimum atomic E-state index is -4.79.